The number of guanidine groups is 1. The minimum absolute atomic E-state index is 0.0323. The third-order valence-electron chi connectivity index (χ3n) is 3.29. The van der Waals surface area contributed by atoms with Crippen molar-refractivity contribution in [1.82, 2.24) is 10.6 Å². The number of ether oxygens (including phenoxy) is 1. The van der Waals surface area contributed by atoms with Crippen molar-refractivity contribution < 1.29 is 9.53 Å². The molecule has 1 saturated heterocycles. The minimum Gasteiger partial charge on any atom is -0.381 e. The highest BCUT2D eigenvalue weighted by Gasteiger charge is 2.47. The molecule has 1 saturated carbocycles. The van der Waals surface area contributed by atoms with Gasteiger partial charge in [-0.05, 0) is 19.3 Å². The fourth-order valence-electron chi connectivity index (χ4n) is 2.40. The van der Waals surface area contributed by atoms with Crippen molar-refractivity contribution in [3.05, 3.63) is 0 Å². The maximum Gasteiger partial charge on any atom is 0.252 e. The molecule has 84 valence electrons. The Morgan fingerprint density at radius 1 is 1.60 bits per heavy atom. The summed E-state index contributed by atoms with van der Waals surface area (Å²) in [5.41, 5.74) is -0.478. The second-order valence-electron chi connectivity index (χ2n) is 4.19. The second-order valence-corrected chi connectivity index (χ2v) is 4.19. The summed E-state index contributed by atoms with van der Waals surface area (Å²) in [7, 11) is 3.36. The summed E-state index contributed by atoms with van der Waals surface area (Å²) in [6, 6.07) is 0. The zero-order chi connectivity index (χ0) is 10.9. The monoisotopic (exact) mass is 211 g/mol. The summed E-state index contributed by atoms with van der Waals surface area (Å²) in [4.78, 5) is 15.8. The lowest BCUT2D eigenvalue weighted by atomic mass is 9.80. The first kappa shape index (κ1) is 10.4. The van der Waals surface area contributed by atoms with Gasteiger partial charge in [0.2, 0.25) is 0 Å². The van der Waals surface area contributed by atoms with Gasteiger partial charge in [-0.15, -0.1) is 0 Å². The van der Waals surface area contributed by atoms with Gasteiger partial charge in [0, 0.05) is 20.6 Å². The molecule has 2 fully saturated rings. The Bertz CT molecular complexity index is 303. The summed E-state index contributed by atoms with van der Waals surface area (Å²) < 4.78 is 5.34. The number of carbonyl (C=O) groups is 1. The van der Waals surface area contributed by atoms with Crippen molar-refractivity contribution in [2.45, 2.75) is 37.3 Å². The number of carbonyl (C=O) groups excluding carboxylic acids is 1. The maximum absolute atomic E-state index is 11.9. The number of hydrogen-bond donors (Lipinski definition) is 2. The standard InChI is InChI=1S/C10H17N3O2/c1-11-9-12-8(14)10(13-9)5-3-4-7(6-10)15-2/h7H,3-6H2,1-2H3,(H2,11,12,13,14). The van der Waals surface area contributed by atoms with Crippen molar-refractivity contribution in [2.75, 3.05) is 14.2 Å². The van der Waals surface area contributed by atoms with Crippen LogP contribution < -0.4 is 10.6 Å². The van der Waals surface area contributed by atoms with E-state index in [4.69, 9.17) is 4.74 Å². The topological polar surface area (TPSA) is 62.7 Å². The Labute approximate surface area is 89.3 Å². The highest BCUT2D eigenvalue weighted by atomic mass is 16.5. The van der Waals surface area contributed by atoms with Crippen LogP contribution in [0.2, 0.25) is 0 Å². The molecule has 1 amide bonds. The number of rotatable bonds is 1. The number of amides is 1. The molecule has 1 aliphatic carbocycles. The molecular weight excluding hydrogens is 194 g/mol. The first-order valence-electron chi connectivity index (χ1n) is 5.29. The molecule has 0 aromatic carbocycles. The van der Waals surface area contributed by atoms with Crippen LogP contribution in [-0.4, -0.2) is 37.7 Å². The average molecular weight is 211 g/mol. The van der Waals surface area contributed by atoms with Gasteiger partial charge in [0.15, 0.2) is 5.96 Å². The molecule has 5 nitrogen and oxygen atoms in total. The van der Waals surface area contributed by atoms with Crippen LogP contribution in [0.4, 0.5) is 0 Å². The van der Waals surface area contributed by atoms with Crippen LogP contribution in [0, 0.1) is 0 Å². The van der Waals surface area contributed by atoms with Crippen molar-refractivity contribution in [3.8, 4) is 0 Å². The summed E-state index contributed by atoms with van der Waals surface area (Å²) >= 11 is 0. The molecule has 2 atom stereocenters. The van der Waals surface area contributed by atoms with E-state index in [1.165, 1.54) is 0 Å². The Balaban J connectivity index is 2.16. The van der Waals surface area contributed by atoms with Gasteiger partial charge < -0.3 is 10.1 Å². The van der Waals surface area contributed by atoms with Gasteiger partial charge in [-0.3, -0.25) is 15.1 Å². The number of nitrogens with one attached hydrogen (secondary N) is 2. The van der Waals surface area contributed by atoms with E-state index in [9.17, 15) is 4.79 Å². The quantitative estimate of drug-likeness (QED) is 0.642. The van der Waals surface area contributed by atoms with Gasteiger partial charge in [-0.2, -0.15) is 0 Å². The van der Waals surface area contributed by atoms with E-state index in [1.54, 1.807) is 14.2 Å². The third-order valence-corrected chi connectivity index (χ3v) is 3.29. The fraction of sp³-hybridized carbons (Fsp3) is 0.800. The summed E-state index contributed by atoms with van der Waals surface area (Å²) in [5.74, 6) is 0.613. The van der Waals surface area contributed by atoms with Crippen LogP contribution in [0.25, 0.3) is 0 Å². The number of hydrogen-bond acceptors (Lipinski definition) is 3. The van der Waals surface area contributed by atoms with Crippen LogP contribution >= 0.6 is 0 Å². The molecule has 1 aliphatic heterocycles. The smallest absolute Gasteiger partial charge is 0.252 e. The van der Waals surface area contributed by atoms with E-state index < -0.39 is 5.54 Å². The Morgan fingerprint density at radius 3 is 3.00 bits per heavy atom. The molecular formula is C10H17N3O2. The zero-order valence-corrected chi connectivity index (χ0v) is 9.17. The minimum atomic E-state index is -0.478. The van der Waals surface area contributed by atoms with Crippen LogP contribution in [0.5, 0.6) is 0 Å². The molecule has 1 spiro atoms. The molecule has 2 aliphatic rings. The fourth-order valence-corrected chi connectivity index (χ4v) is 2.40. The van der Waals surface area contributed by atoms with Gasteiger partial charge in [0.25, 0.3) is 5.91 Å². The molecule has 0 radical (unpaired) electrons. The number of methoxy groups -OCH3 is 1. The number of nitrogens with zero attached hydrogens (tertiary/aromatic N) is 1. The highest BCUT2D eigenvalue weighted by Crippen LogP contribution is 2.32. The van der Waals surface area contributed by atoms with Gasteiger partial charge in [0.05, 0.1) is 6.10 Å². The lowest BCUT2D eigenvalue weighted by molar-refractivity contribution is -0.126. The summed E-state index contributed by atoms with van der Waals surface area (Å²) in [6.07, 6.45) is 3.81. The molecule has 2 N–H and O–H groups in total. The zero-order valence-electron chi connectivity index (χ0n) is 9.17. The molecule has 5 heteroatoms. The second kappa shape index (κ2) is 3.81. The molecule has 1 heterocycles. The van der Waals surface area contributed by atoms with Crippen molar-refractivity contribution >= 4 is 11.9 Å². The molecule has 0 aromatic rings. The van der Waals surface area contributed by atoms with Crippen LogP contribution in [0.1, 0.15) is 25.7 Å². The molecule has 2 rings (SSSR count). The van der Waals surface area contributed by atoms with E-state index >= 15 is 0 Å². The average Bonchev–Trinajstić information content (AvgIpc) is 2.56. The molecule has 0 aromatic heterocycles. The maximum atomic E-state index is 11.9. The first-order chi connectivity index (χ1) is 7.20. The molecule has 0 bridgehead atoms. The Kier molecular flexibility index (Phi) is 2.65. The van der Waals surface area contributed by atoms with E-state index in [-0.39, 0.29) is 12.0 Å². The summed E-state index contributed by atoms with van der Waals surface area (Å²) in [6.45, 7) is 0. The van der Waals surface area contributed by atoms with Gasteiger partial charge in [-0.1, -0.05) is 0 Å². The van der Waals surface area contributed by atoms with Gasteiger partial charge in [0.1, 0.15) is 5.54 Å². The Hall–Kier alpha value is -1.10. The van der Waals surface area contributed by atoms with Gasteiger partial charge in [-0.25, -0.2) is 0 Å². The molecule has 2 unspecified atom stereocenters. The van der Waals surface area contributed by atoms with E-state index in [2.05, 4.69) is 15.6 Å². The first-order valence-corrected chi connectivity index (χ1v) is 5.29. The summed E-state index contributed by atoms with van der Waals surface area (Å²) in [5, 5.41) is 5.93. The Morgan fingerprint density at radius 2 is 2.40 bits per heavy atom. The van der Waals surface area contributed by atoms with Crippen LogP contribution in [0.15, 0.2) is 4.99 Å². The van der Waals surface area contributed by atoms with E-state index in [1.807, 2.05) is 0 Å². The van der Waals surface area contributed by atoms with E-state index in [0.29, 0.717) is 5.96 Å². The predicted octanol–water partition coefficient (Wildman–Crippen LogP) is 0.0194. The largest absolute Gasteiger partial charge is 0.381 e. The molecule has 15 heavy (non-hydrogen) atoms. The van der Waals surface area contributed by atoms with Crippen LogP contribution in [0.3, 0.4) is 0 Å². The normalized spacial score (nSPS) is 38.1. The van der Waals surface area contributed by atoms with E-state index in [0.717, 1.165) is 25.7 Å². The lowest BCUT2D eigenvalue weighted by Crippen LogP contribution is -2.51. The SMILES string of the molecule is CN=C1NC(=O)C2(CCCC(OC)C2)N1. The van der Waals surface area contributed by atoms with Crippen molar-refractivity contribution in [3.63, 3.8) is 0 Å². The highest BCUT2D eigenvalue weighted by molar-refractivity contribution is 6.09. The third kappa shape index (κ3) is 1.71. The van der Waals surface area contributed by atoms with Crippen molar-refractivity contribution in [1.29, 1.82) is 0 Å². The number of aliphatic imine (C=N–C) groups is 1. The predicted molar refractivity (Wildman–Crippen MR) is 56.6 cm³/mol. The van der Waals surface area contributed by atoms with Gasteiger partial charge >= 0.3 is 0 Å². The van der Waals surface area contributed by atoms with Crippen molar-refractivity contribution in [2.24, 2.45) is 4.99 Å². The lowest BCUT2D eigenvalue weighted by Gasteiger charge is -2.34. The van der Waals surface area contributed by atoms with Crippen LogP contribution in [-0.2, 0) is 9.53 Å².